The van der Waals surface area contributed by atoms with Crippen LogP contribution in [0.15, 0.2) is 12.4 Å². The zero-order valence-corrected chi connectivity index (χ0v) is 10.6. The van der Waals surface area contributed by atoms with E-state index in [0.29, 0.717) is 0 Å². The minimum absolute atomic E-state index is 0.198. The van der Waals surface area contributed by atoms with Crippen molar-refractivity contribution in [3.8, 4) is 0 Å². The fourth-order valence-electron chi connectivity index (χ4n) is 2.49. The molecule has 2 rings (SSSR count). The van der Waals surface area contributed by atoms with E-state index in [1.54, 1.807) is 6.33 Å². The third-order valence-electron chi connectivity index (χ3n) is 3.62. The number of aliphatic hydroxyl groups excluding tert-OH is 1. The second-order valence-electron chi connectivity index (χ2n) is 4.75. The average molecular weight is 235 g/mol. The molecule has 0 aliphatic heterocycles. The van der Waals surface area contributed by atoms with Gasteiger partial charge >= 0.3 is 0 Å². The first-order valence-electron chi connectivity index (χ1n) is 6.44. The normalized spacial score (nSPS) is 24.6. The summed E-state index contributed by atoms with van der Waals surface area (Å²) in [5.74, 6) is 0.919. The van der Waals surface area contributed by atoms with Crippen LogP contribution >= 0.6 is 0 Å². The molecule has 0 aromatic carbocycles. The Labute approximate surface area is 103 Å². The van der Waals surface area contributed by atoms with Crippen molar-refractivity contribution in [1.29, 1.82) is 0 Å². The summed E-state index contributed by atoms with van der Waals surface area (Å²) in [6, 6.07) is 2.21. The highest BCUT2D eigenvalue weighted by molar-refractivity contribution is 5.39. The molecular weight excluding hydrogens is 214 g/mol. The molecule has 1 aliphatic rings. The minimum atomic E-state index is -0.228. The zero-order chi connectivity index (χ0) is 12.3. The van der Waals surface area contributed by atoms with Gasteiger partial charge in [0.05, 0.1) is 12.1 Å². The van der Waals surface area contributed by atoms with Gasteiger partial charge in [-0.3, -0.25) is 0 Å². The van der Waals surface area contributed by atoms with Crippen molar-refractivity contribution in [2.75, 3.05) is 11.9 Å². The standard InChI is InChI=1S/C13H21N3O/c1-3-10-8-13(15-9-14-10)16(2)11-6-4-5-7-12(11)17/h8-9,11-12,17H,3-7H2,1-2H3. The van der Waals surface area contributed by atoms with Crippen molar-refractivity contribution in [2.24, 2.45) is 0 Å². The first-order chi connectivity index (χ1) is 8.22. The van der Waals surface area contributed by atoms with Gasteiger partial charge in [0.1, 0.15) is 12.1 Å². The van der Waals surface area contributed by atoms with Gasteiger partial charge in [-0.2, -0.15) is 0 Å². The largest absolute Gasteiger partial charge is 0.391 e. The maximum Gasteiger partial charge on any atom is 0.132 e. The van der Waals surface area contributed by atoms with Crippen LogP contribution in [0.5, 0.6) is 0 Å². The Morgan fingerprint density at radius 2 is 2.12 bits per heavy atom. The van der Waals surface area contributed by atoms with Gasteiger partial charge < -0.3 is 10.0 Å². The first kappa shape index (κ1) is 12.3. The molecule has 0 amide bonds. The van der Waals surface area contributed by atoms with Crippen molar-refractivity contribution in [2.45, 2.75) is 51.2 Å². The molecule has 2 unspecified atom stereocenters. The third kappa shape index (κ3) is 2.75. The van der Waals surface area contributed by atoms with Gasteiger partial charge in [0.2, 0.25) is 0 Å². The molecule has 0 spiro atoms. The predicted molar refractivity (Wildman–Crippen MR) is 68.1 cm³/mol. The Morgan fingerprint density at radius 1 is 1.35 bits per heavy atom. The molecule has 0 radical (unpaired) electrons. The van der Waals surface area contributed by atoms with Gasteiger partial charge in [-0.15, -0.1) is 0 Å². The fraction of sp³-hybridized carbons (Fsp3) is 0.692. The number of anilines is 1. The summed E-state index contributed by atoms with van der Waals surface area (Å²) in [4.78, 5) is 10.6. The number of likely N-dealkylation sites (N-methyl/N-ethyl adjacent to an activating group) is 1. The molecule has 1 N–H and O–H groups in total. The van der Waals surface area contributed by atoms with Gasteiger partial charge in [0.15, 0.2) is 0 Å². The van der Waals surface area contributed by atoms with Crippen LogP contribution in [-0.4, -0.2) is 34.3 Å². The summed E-state index contributed by atoms with van der Waals surface area (Å²) in [5, 5.41) is 10.0. The molecule has 0 saturated heterocycles. The van der Waals surface area contributed by atoms with E-state index in [2.05, 4.69) is 21.8 Å². The van der Waals surface area contributed by atoms with Gasteiger partial charge in [0.25, 0.3) is 0 Å². The molecule has 1 aliphatic carbocycles. The minimum Gasteiger partial charge on any atom is -0.391 e. The lowest BCUT2D eigenvalue weighted by Crippen LogP contribution is -2.43. The van der Waals surface area contributed by atoms with E-state index in [4.69, 9.17) is 0 Å². The first-order valence-corrected chi connectivity index (χ1v) is 6.44. The summed E-state index contributed by atoms with van der Waals surface area (Å²) in [7, 11) is 2.01. The lowest BCUT2D eigenvalue weighted by atomic mass is 9.91. The Kier molecular flexibility index (Phi) is 3.94. The summed E-state index contributed by atoms with van der Waals surface area (Å²) < 4.78 is 0. The highest BCUT2D eigenvalue weighted by Gasteiger charge is 2.27. The van der Waals surface area contributed by atoms with Crippen molar-refractivity contribution in [3.05, 3.63) is 18.1 Å². The molecule has 0 bridgehead atoms. The zero-order valence-electron chi connectivity index (χ0n) is 10.6. The number of aryl methyl sites for hydroxylation is 1. The maximum atomic E-state index is 10.0. The second kappa shape index (κ2) is 5.45. The summed E-state index contributed by atoms with van der Waals surface area (Å²) in [6.45, 7) is 2.08. The van der Waals surface area contributed by atoms with E-state index in [1.807, 2.05) is 13.1 Å². The van der Waals surface area contributed by atoms with Gasteiger partial charge in [-0.25, -0.2) is 9.97 Å². The van der Waals surface area contributed by atoms with Gasteiger partial charge in [-0.1, -0.05) is 19.8 Å². The molecule has 4 nitrogen and oxygen atoms in total. The number of hydrogen-bond acceptors (Lipinski definition) is 4. The SMILES string of the molecule is CCc1cc(N(C)C2CCCCC2O)ncn1. The van der Waals surface area contributed by atoms with Crippen molar-refractivity contribution in [1.82, 2.24) is 9.97 Å². The Morgan fingerprint density at radius 3 is 2.82 bits per heavy atom. The second-order valence-corrected chi connectivity index (χ2v) is 4.75. The third-order valence-corrected chi connectivity index (χ3v) is 3.62. The molecule has 1 aromatic heterocycles. The number of rotatable bonds is 3. The quantitative estimate of drug-likeness (QED) is 0.867. The summed E-state index contributed by atoms with van der Waals surface area (Å²) in [6.07, 6.45) is 6.57. The van der Waals surface area contributed by atoms with Crippen LogP contribution in [0, 0.1) is 0 Å². The van der Waals surface area contributed by atoms with Crippen LogP contribution in [0.4, 0.5) is 5.82 Å². The molecule has 17 heavy (non-hydrogen) atoms. The molecule has 2 atom stereocenters. The topological polar surface area (TPSA) is 49.2 Å². The van der Waals surface area contributed by atoms with Crippen LogP contribution in [0.2, 0.25) is 0 Å². The molecule has 94 valence electrons. The van der Waals surface area contributed by atoms with E-state index in [-0.39, 0.29) is 12.1 Å². The molecule has 4 heteroatoms. The van der Waals surface area contributed by atoms with Crippen LogP contribution in [-0.2, 0) is 6.42 Å². The van der Waals surface area contributed by atoms with Crippen molar-refractivity contribution in [3.63, 3.8) is 0 Å². The van der Waals surface area contributed by atoms with Crippen molar-refractivity contribution < 1.29 is 5.11 Å². The number of hydrogen-bond donors (Lipinski definition) is 1. The number of aliphatic hydroxyl groups is 1. The number of nitrogens with zero attached hydrogens (tertiary/aromatic N) is 3. The molecule has 1 aromatic rings. The lowest BCUT2D eigenvalue weighted by Gasteiger charge is -2.35. The van der Waals surface area contributed by atoms with Crippen LogP contribution in [0.1, 0.15) is 38.3 Å². The highest BCUT2D eigenvalue weighted by atomic mass is 16.3. The van der Waals surface area contributed by atoms with Gasteiger partial charge in [-0.05, 0) is 19.3 Å². The number of aromatic nitrogens is 2. The Hall–Kier alpha value is -1.16. The summed E-state index contributed by atoms with van der Waals surface area (Å²) in [5.41, 5.74) is 1.05. The van der Waals surface area contributed by atoms with E-state index in [9.17, 15) is 5.11 Å². The van der Waals surface area contributed by atoms with E-state index >= 15 is 0 Å². The van der Waals surface area contributed by atoms with Crippen molar-refractivity contribution >= 4 is 5.82 Å². The maximum absolute atomic E-state index is 10.0. The monoisotopic (exact) mass is 235 g/mol. The lowest BCUT2D eigenvalue weighted by molar-refractivity contribution is 0.106. The smallest absolute Gasteiger partial charge is 0.132 e. The Bertz CT molecular complexity index is 369. The van der Waals surface area contributed by atoms with Crippen LogP contribution < -0.4 is 4.90 Å². The Balaban J connectivity index is 2.14. The van der Waals surface area contributed by atoms with Crippen LogP contribution in [0.3, 0.4) is 0 Å². The van der Waals surface area contributed by atoms with Crippen LogP contribution in [0.25, 0.3) is 0 Å². The van der Waals surface area contributed by atoms with E-state index in [1.165, 1.54) is 6.42 Å². The average Bonchev–Trinajstić information content (AvgIpc) is 2.38. The molecule has 1 saturated carbocycles. The van der Waals surface area contributed by atoms with Gasteiger partial charge in [0, 0.05) is 18.8 Å². The molecule has 1 fully saturated rings. The predicted octanol–water partition coefficient (Wildman–Crippen LogP) is 1.78. The molecular formula is C13H21N3O. The van der Waals surface area contributed by atoms with E-state index < -0.39 is 0 Å². The summed E-state index contributed by atoms with van der Waals surface area (Å²) >= 11 is 0. The molecule has 1 heterocycles. The van der Waals surface area contributed by atoms with E-state index in [0.717, 1.165) is 37.2 Å². The fourth-order valence-corrected chi connectivity index (χ4v) is 2.49. The highest BCUT2D eigenvalue weighted by Crippen LogP contribution is 2.25.